The number of anilines is 1. The van der Waals surface area contributed by atoms with Gasteiger partial charge in [0.1, 0.15) is 5.82 Å². The molecule has 2 heterocycles. The maximum absolute atomic E-state index is 12.6. The number of nitrogens with zero attached hydrogens (tertiary/aromatic N) is 3. The summed E-state index contributed by atoms with van der Waals surface area (Å²) in [6, 6.07) is 10.1. The van der Waals surface area contributed by atoms with E-state index in [0.717, 1.165) is 12.0 Å². The Morgan fingerprint density at radius 1 is 1.31 bits per heavy atom. The molecule has 1 N–H and O–H groups in total. The molecule has 1 aliphatic heterocycles. The number of aromatic nitrogens is 2. The van der Waals surface area contributed by atoms with Gasteiger partial charge >= 0.3 is 0 Å². The monoisotopic (exact) mass is 354 g/mol. The van der Waals surface area contributed by atoms with Crippen LogP contribution < -0.4 is 5.32 Å². The van der Waals surface area contributed by atoms with Crippen LogP contribution in [0, 0.1) is 12.8 Å². The van der Waals surface area contributed by atoms with Crippen molar-refractivity contribution in [2.75, 3.05) is 11.9 Å². The van der Waals surface area contributed by atoms with E-state index in [4.69, 9.17) is 0 Å². The number of rotatable bonds is 6. The molecule has 1 saturated heterocycles. The number of nitrogens with one attached hydrogen (secondary N) is 1. The van der Waals surface area contributed by atoms with Crippen molar-refractivity contribution >= 4 is 17.6 Å². The molecular weight excluding hydrogens is 328 g/mol. The van der Waals surface area contributed by atoms with Gasteiger partial charge in [0.25, 0.3) is 0 Å². The standard InChI is InChI=1S/C20H26N4O2/c1-4-15(3)24-18(9-10-21-24)22-20(26)17-11-19(25)23(13-17)12-16-7-5-14(2)6-8-16/h5-10,15,17H,4,11-13H2,1-3H3,(H,22,26). The van der Waals surface area contributed by atoms with Crippen LogP contribution in [0.3, 0.4) is 0 Å². The Bertz CT molecular complexity index is 781. The highest BCUT2D eigenvalue weighted by molar-refractivity contribution is 5.96. The zero-order chi connectivity index (χ0) is 18.7. The quantitative estimate of drug-likeness (QED) is 0.866. The smallest absolute Gasteiger partial charge is 0.230 e. The Morgan fingerprint density at radius 3 is 2.73 bits per heavy atom. The van der Waals surface area contributed by atoms with Gasteiger partial charge in [-0.15, -0.1) is 0 Å². The summed E-state index contributed by atoms with van der Waals surface area (Å²) in [7, 11) is 0. The van der Waals surface area contributed by atoms with E-state index < -0.39 is 0 Å². The summed E-state index contributed by atoms with van der Waals surface area (Å²) >= 11 is 0. The highest BCUT2D eigenvalue weighted by atomic mass is 16.2. The fraction of sp³-hybridized carbons (Fsp3) is 0.450. The van der Waals surface area contributed by atoms with Crippen molar-refractivity contribution in [3.05, 3.63) is 47.7 Å². The third kappa shape index (κ3) is 3.95. The molecule has 3 rings (SSSR count). The van der Waals surface area contributed by atoms with Crippen molar-refractivity contribution in [1.29, 1.82) is 0 Å². The van der Waals surface area contributed by atoms with Crippen LogP contribution in [0.5, 0.6) is 0 Å². The molecule has 2 amide bonds. The largest absolute Gasteiger partial charge is 0.338 e. The lowest BCUT2D eigenvalue weighted by Gasteiger charge is -2.18. The summed E-state index contributed by atoms with van der Waals surface area (Å²) in [6.45, 7) is 7.18. The van der Waals surface area contributed by atoms with Gasteiger partial charge in [-0.05, 0) is 25.8 Å². The molecular formula is C20H26N4O2. The molecule has 2 unspecified atom stereocenters. The average Bonchev–Trinajstić information content (AvgIpc) is 3.23. The van der Waals surface area contributed by atoms with Crippen molar-refractivity contribution in [2.24, 2.45) is 5.92 Å². The molecule has 0 saturated carbocycles. The lowest BCUT2D eigenvalue weighted by molar-refractivity contribution is -0.128. The summed E-state index contributed by atoms with van der Waals surface area (Å²) in [4.78, 5) is 26.7. The van der Waals surface area contributed by atoms with Gasteiger partial charge in [-0.1, -0.05) is 36.8 Å². The SMILES string of the molecule is CCC(C)n1nccc1NC(=O)C1CC(=O)N(Cc2ccc(C)cc2)C1. The first-order valence-electron chi connectivity index (χ1n) is 9.15. The van der Waals surface area contributed by atoms with E-state index in [2.05, 4.69) is 24.3 Å². The Kier molecular flexibility index (Phi) is 5.40. The fourth-order valence-corrected chi connectivity index (χ4v) is 3.18. The fourth-order valence-electron chi connectivity index (χ4n) is 3.18. The van der Waals surface area contributed by atoms with E-state index in [1.54, 1.807) is 17.2 Å². The summed E-state index contributed by atoms with van der Waals surface area (Å²) in [6.07, 6.45) is 2.87. The molecule has 0 spiro atoms. The molecule has 1 aliphatic rings. The molecule has 26 heavy (non-hydrogen) atoms. The molecule has 1 fully saturated rings. The van der Waals surface area contributed by atoms with Crippen molar-refractivity contribution in [3.63, 3.8) is 0 Å². The van der Waals surface area contributed by atoms with Crippen LogP contribution in [-0.4, -0.2) is 33.0 Å². The number of hydrogen-bond acceptors (Lipinski definition) is 3. The van der Waals surface area contributed by atoms with Gasteiger partial charge in [-0.2, -0.15) is 5.10 Å². The molecule has 6 nitrogen and oxygen atoms in total. The van der Waals surface area contributed by atoms with Crippen LogP contribution in [0.4, 0.5) is 5.82 Å². The molecule has 138 valence electrons. The van der Waals surface area contributed by atoms with Crippen molar-refractivity contribution < 1.29 is 9.59 Å². The van der Waals surface area contributed by atoms with E-state index in [1.165, 1.54) is 5.56 Å². The number of likely N-dealkylation sites (tertiary alicyclic amines) is 1. The van der Waals surface area contributed by atoms with E-state index in [0.29, 0.717) is 18.9 Å². The van der Waals surface area contributed by atoms with E-state index in [-0.39, 0.29) is 30.2 Å². The summed E-state index contributed by atoms with van der Waals surface area (Å²) in [5.74, 6) is 0.276. The predicted octanol–water partition coefficient (Wildman–Crippen LogP) is 3.15. The van der Waals surface area contributed by atoms with Gasteiger partial charge in [0, 0.05) is 25.6 Å². The second kappa shape index (κ2) is 7.72. The molecule has 6 heteroatoms. The minimum absolute atomic E-state index is 0.0289. The summed E-state index contributed by atoms with van der Waals surface area (Å²) in [5, 5.41) is 7.23. The van der Waals surface area contributed by atoms with Crippen molar-refractivity contribution in [1.82, 2.24) is 14.7 Å². The van der Waals surface area contributed by atoms with Gasteiger partial charge in [0.05, 0.1) is 18.2 Å². The molecule has 2 aromatic rings. The van der Waals surface area contributed by atoms with Crippen LogP contribution in [0.15, 0.2) is 36.5 Å². The number of aryl methyl sites for hydroxylation is 1. The highest BCUT2D eigenvalue weighted by Crippen LogP contribution is 2.23. The molecule has 1 aromatic heterocycles. The van der Waals surface area contributed by atoms with Gasteiger partial charge in [-0.25, -0.2) is 4.68 Å². The highest BCUT2D eigenvalue weighted by Gasteiger charge is 2.34. The van der Waals surface area contributed by atoms with Crippen LogP contribution in [0.2, 0.25) is 0 Å². The van der Waals surface area contributed by atoms with Crippen LogP contribution >= 0.6 is 0 Å². The van der Waals surface area contributed by atoms with Crippen LogP contribution in [0.1, 0.15) is 43.9 Å². The summed E-state index contributed by atoms with van der Waals surface area (Å²) in [5.41, 5.74) is 2.27. The van der Waals surface area contributed by atoms with E-state index in [9.17, 15) is 9.59 Å². The average molecular weight is 354 g/mol. The topological polar surface area (TPSA) is 67.2 Å². The van der Waals surface area contributed by atoms with Crippen LogP contribution in [-0.2, 0) is 16.1 Å². The maximum atomic E-state index is 12.6. The third-order valence-electron chi connectivity index (χ3n) is 5.01. The lowest BCUT2D eigenvalue weighted by Crippen LogP contribution is -2.28. The molecule has 0 radical (unpaired) electrons. The van der Waals surface area contributed by atoms with Gasteiger partial charge in [-0.3, -0.25) is 9.59 Å². The van der Waals surface area contributed by atoms with Gasteiger partial charge in [0.15, 0.2) is 0 Å². The first kappa shape index (κ1) is 18.2. The predicted molar refractivity (Wildman–Crippen MR) is 101 cm³/mol. The number of hydrogen-bond donors (Lipinski definition) is 1. The van der Waals surface area contributed by atoms with Crippen molar-refractivity contribution in [3.8, 4) is 0 Å². The number of carbonyl (C=O) groups excluding carboxylic acids is 2. The third-order valence-corrected chi connectivity index (χ3v) is 5.01. The molecule has 0 bridgehead atoms. The Balaban J connectivity index is 1.62. The minimum atomic E-state index is -0.326. The van der Waals surface area contributed by atoms with Crippen molar-refractivity contribution in [2.45, 2.75) is 46.2 Å². The molecule has 0 aliphatic carbocycles. The zero-order valence-corrected chi connectivity index (χ0v) is 15.6. The van der Waals surface area contributed by atoms with Gasteiger partial charge < -0.3 is 10.2 Å². The number of amides is 2. The van der Waals surface area contributed by atoms with E-state index >= 15 is 0 Å². The Labute approximate surface area is 154 Å². The minimum Gasteiger partial charge on any atom is -0.338 e. The molecule has 2 atom stereocenters. The van der Waals surface area contributed by atoms with Gasteiger partial charge in [0.2, 0.25) is 11.8 Å². The second-order valence-corrected chi connectivity index (χ2v) is 7.07. The first-order chi connectivity index (χ1) is 12.5. The van der Waals surface area contributed by atoms with E-state index in [1.807, 2.05) is 35.9 Å². The molecule has 1 aromatic carbocycles. The Morgan fingerprint density at radius 2 is 2.04 bits per heavy atom. The zero-order valence-electron chi connectivity index (χ0n) is 15.6. The number of benzene rings is 1. The Hall–Kier alpha value is -2.63. The first-order valence-corrected chi connectivity index (χ1v) is 9.15. The second-order valence-electron chi connectivity index (χ2n) is 7.07. The summed E-state index contributed by atoms with van der Waals surface area (Å²) < 4.78 is 1.82. The number of carbonyl (C=O) groups is 2. The normalized spacial score (nSPS) is 18.2. The lowest BCUT2D eigenvalue weighted by atomic mass is 10.1. The van der Waals surface area contributed by atoms with Crippen LogP contribution in [0.25, 0.3) is 0 Å². The maximum Gasteiger partial charge on any atom is 0.230 e.